The van der Waals surface area contributed by atoms with Crippen molar-refractivity contribution >= 4 is 42.5 Å². The van der Waals surface area contributed by atoms with Gasteiger partial charge in [-0.05, 0) is 87.8 Å². The number of pyridine rings is 1. The molecule has 3 heterocycles. The third-order valence-corrected chi connectivity index (χ3v) is 16.8. The summed E-state index contributed by atoms with van der Waals surface area (Å²) in [4.78, 5) is 19.0. The van der Waals surface area contributed by atoms with Gasteiger partial charge in [0.1, 0.15) is 40.0 Å². The van der Waals surface area contributed by atoms with Crippen LogP contribution in [0.5, 0.6) is 0 Å². The van der Waals surface area contributed by atoms with E-state index in [1.807, 2.05) is 0 Å². The van der Waals surface area contributed by atoms with E-state index in [2.05, 4.69) is 43.9 Å². The predicted molar refractivity (Wildman–Crippen MR) is 223 cm³/mol. The first kappa shape index (κ1) is 43.4. The molecule has 2 fully saturated rings. The number of aryl methyl sites for hydroxylation is 1. The number of rotatable bonds is 13. The summed E-state index contributed by atoms with van der Waals surface area (Å²) in [7, 11) is -5.86. The molecule has 0 aliphatic heterocycles. The standard InChI is InChI=1S/C44H39F6N7O5S2/c1-43(2,63(59,60)27-11-12-27)17-16-26-10-15-29(30-6-4-8-32-39(30)56(3)54-42(32)55-64(61,62)28-13-14-28)37(51-26)34(20-23-18-24(45)21-25(46)19-23)52-35(58)22-57-40-36(38(53-57)41(47)48)31-7-5-9-33(31)44(40,49)50/h4,6,8,10,15,18-19,21,27-28,31,33-34,41H,9,11-14,20,22H2,1-3H3,(H,52,58)(H,54,55)/t31-,33+,34-/m0/s1. The van der Waals surface area contributed by atoms with Crippen molar-refractivity contribution in [1.29, 1.82) is 0 Å². The molecule has 2 N–H and O–H groups in total. The second-order valence-electron chi connectivity index (χ2n) is 17.1. The molecular weight excluding hydrogens is 885 g/mol. The molecular formula is C44H39F6N7O5S2. The lowest BCUT2D eigenvalue weighted by Crippen LogP contribution is -2.35. The molecule has 64 heavy (non-hydrogen) atoms. The Morgan fingerprint density at radius 2 is 1.67 bits per heavy atom. The highest BCUT2D eigenvalue weighted by molar-refractivity contribution is 7.94. The number of benzene rings is 2. The van der Waals surface area contributed by atoms with Gasteiger partial charge in [-0.2, -0.15) is 19.0 Å². The highest BCUT2D eigenvalue weighted by Crippen LogP contribution is 2.57. The molecule has 0 radical (unpaired) electrons. The zero-order valence-electron chi connectivity index (χ0n) is 34.4. The van der Waals surface area contributed by atoms with E-state index in [-0.39, 0.29) is 41.2 Å². The summed E-state index contributed by atoms with van der Waals surface area (Å²) in [6.45, 7) is 1.96. The minimum atomic E-state index is -3.76. The van der Waals surface area contributed by atoms with Gasteiger partial charge in [0.15, 0.2) is 15.7 Å². The van der Waals surface area contributed by atoms with Crippen LogP contribution in [0.15, 0.2) is 48.5 Å². The van der Waals surface area contributed by atoms with Gasteiger partial charge in [-0.1, -0.05) is 24.0 Å². The number of alkyl halides is 4. The van der Waals surface area contributed by atoms with Crippen molar-refractivity contribution in [3.05, 3.63) is 94.1 Å². The second kappa shape index (κ2) is 15.4. The average Bonchev–Trinajstić information content (AvgIpc) is 4.13. The van der Waals surface area contributed by atoms with E-state index < -0.39 is 106 Å². The van der Waals surface area contributed by atoms with Crippen LogP contribution in [0, 0.1) is 41.2 Å². The number of para-hydroxylation sites is 1. The maximum atomic E-state index is 15.9. The van der Waals surface area contributed by atoms with Crippen molar-refractivity contribution in [3.63, 3.8) is 0 Å². The first-order valence-corrected chi connectivity index (χ1v) is 23.5. The van der Waals surface area contributed by atoms with Crippen LogP contribution in [0.4, 0.5) is 32.2 Å². The summed E-state index contributed by atoms with van der Waals surface area (Å²) >= 11 is 0. The number of anilines is 1. The number of aromatic nitrogens is 5. The largest absolute Gasteiger partial charge is 0.346 e. The lowest BCUT2D eigenvalue weighted by molar-refractivity contribution is -0.123. The van der Waals surface area contributed by atoms with Crippen molar-refractivity contribution in [3.8, 4) is 34.8 Å². The quantitative estimate of drug-likeness (QED) is 0.0948. The van der Waals surface area contributed by atoms with Crippen molar-refractivity contribution in [2.75, 3.05) is 4.72 Å². The summed E-state index contributed by atoms with van der Waals surface area (Å²) in [5.74, 6) is 1.66. The topological polar surface area (TPSA) is 158 Å². The molecule has 2 aromatic carbocycles. The van der Waals surface area contributed by atoms with E-state index in [1.165, 1.54) is 24.6 Å². The van der Waals surface area contributed by atoms with Crippen LogP contribution in [0.1, 0.15) is 98.2 Å². The van der Waals surface area contributed by atoms with Gasteiger partial charge < -0.3 is 5.32 Å². The Hall–Kier alpha value is -5.86. The molecule has 20 heteroatoms. The van der Waals surface area contributed by atoms with Gasteiger partial charge in [0.2, 0.25) is 15.9 Å². The number of nitrogens with one attached hydrogen (secondary N) is 2. The van der Waals surface area contributed by atoms with E-state index in [4.69, 9.17) is 4.98 Å². The number of halogens is 6. The van der Waals surface area contributed by atoms with E-state index in [0.29, 0.717) is 52.9 Å². The molecule has 1 amide bonds. The molecule has 3 atom stereocenters. The first-order chi connectivity index (χ1) is 30.2. The first-order valence-electron chi connectivity index (χ1n) is 20.4. The minimum Gasteiger partial charge on any atom is -0.346 e. The van der Waals surface area contributed by atoms with Crippen LogP contribution in [0.3, 0.4) is 0 Å². The number of fused-ring (bicyclic) bond motifs is 4. The van der Waals surface area contributed by atoms with Gasteiger partial charge in [-0.15, -0.1) is 5.92 Å². The van der Waals surface area contributed by atoms with Crippen LogP contribution in [0.2, 0.25) is 0 Å². The van der Waals surface area contributed by atoms with Crippen molar-refractivity contribution in [2.24, 2.45) is 13.0 Å². The Balaban J connectivity index is 1.18. The van der Waals surface area contributed by atoms with Gasteiger partial charge in [0.25, 0.3) is 12.3 Å². The summed E-state index contributed by atoms with van der Waals surface area (Å²) in [6, 6.07) is 9.34. The minimum absolute atomic E-state index is 0.00980. The monoisotopic (exact) mass is 923 g/mol. The fourth-order valence-corrected chi connectivity index (χ4v) is 11.7. The molecule has 2 saturated carbocycles. The van der Waals surface area contributed by atoms with Crippen molar-refractivity contribution in [2.45, 2.75) is 98.5 Å². The van der Waals surface area contributed by atoms with Crippen LogP contribution < -0.4 is 10.0 Å². The molecule has 9 rings (SSSR count). The molecule has 4 aliphatic rings. The fourth-order valence-electron chi connectivity index (χ4n) is 8.61. The molecule has 0 saturated heterocycles. The van der Waals surface area contributed by atoms with Crippen LogP contribution >= 0.6 is 0 Å². The number of hydrogen-bond donors (Lipinski definition) is 2. The molecule has 4 aliphatic carbocycles. The number of hydrogen-bond acceptors (Lipinski definition) is 8. The van der Waals surface area contributed by atoms with Crippen molar-refractivity contribution < 1.29 is 48.0 Å². The van der Waals surface area contributed by atoms with Crippen LogP contribution in [-0.4, -0.2) is 62.5 Å². The molecule has 5 aromatic rings. The third-order valence-electron chi connectivity index (χ3n) is 12.1. The Labute approximate surface area is 364 Å². The number of nitrogens with zero attached hydrogens (tertiary/aromatic N) is 5. The van der Waals surface area contributed by atoms with Gasteiger partial charge in [0, 0.05) is 41.6 Å². The molecule has 12 nitrogen and oxygen atoms in total. The van der Waals surface area contributed by atoms with Crippen LogP contribution in [0.25, 0.3) is 22.0 Å². The maximum Gasteiger partial charge on any atom is 0.294 e. The van der Waals surface area contributed by atoms with E-state index in [1.54, 1.807) is 31.3 Å². The average molecular weight is 924 g/mol. The van der Waals surface area contributed by atoms with Gasteiger partial charge in [-0.3, -0.25) is 18.9 Å². The highest BCUT2D eigenvalue weighted by atomic mass is 32.2. The maximum absolute atomic E-state index is 15.9. The van der Waals surface area contributed by atoms with E-state index in [0.717, 1.165) is 12.1 Å². The van der Waals surface area contributed by atoms with Gasteiger partial charge in [0.05, 0.1) is 39.6 Å². The van der Waals surface area contributed by atoms with Crippen LogP contribution in [-0.2, 0) is 50.6 Å². The zero-order valence-corrected chi connectivity index (χ0v) is 36.0. The number of carbonyl (C=O) groups excluding carboxylic acids is 1. The summed E-state index contributed by atoms with van der Waals surface area (Å²) in [6.07, 6.45) is -1.87. The number of sulfonamides is 1. The Kier molecular flexibility index (Phi) is 10.4. The zero-order chi connectivity index (χ0) is 45.7. The number of sulfone groups is 1. The Morgan fingerprint density at radius 1 is 0.969 bits per heavy atom. The summed E-state index contributed by atoms with van der Waals surface area (Å²) in [5, 5.41) is 10.3. The van der Waals surface area contributed by atoms with Gasteiger partial charge >= 0.3 is 0 Å². The molecule has 0 unspecified atom stereocenters. The molecule has 3 aromatic heterocycles. The summed E-state index contributed by atoms with van der Waals surface area (Å²) in [5.41, 5.74) is -1.04. The Morgan fingerprint density at radius 3 is 2.34 bits per heavy atom. The highest BCUT2D eigenvalue weighted by Gasteiger charge is 2.59. The lowest BCUT2D eigenvalue weighted by atomic mass is 9.93. The Bertz CT molecular complexity index is 3120. The predicted octanol–water partition coefficient (Wildman–Crippen LogP) is 6.97. The number of carbonyl (C=O) groups is 1. The SMILES string of the molecule is Cn1nc(NS(=O)(=O)C2CC2)c2cccc(-c3ccc(C#CC(C)(C)S(=O)(=O)C4CC4)nc3[C@H](Cc3cc(F)cc(F)c3)NC(=O)Cn3nc(C(F)F)c4c3C(F)(F)[C@@H]3CC#C[C@H]43)c21. The van der Waals surface area contributed by atoms with E-state index >= 15 is 8.78 Å². The second-order valence-corrected chi connectivity index (χ2v) is 21.8. The normalized spacial score (nSPS) is 19.4. The molecule has 0 spiro atoms. The lowest BCUT2D eigenvalue weighted by Gasteiger charge is -2.23. The summed E-state index contributed by atoms with van der Waals surface area (Å²) < 4.78 is 146. The van der Waals surface area contributed by atoms with Gasteiger partial charge in [-0.25, -0.2) is 39.4 Å². The number of amides is 1. The third kappa shape index (κ3) is 7.67. The van der Waals surface area contributed by atoms with Crippen molar-refractivity contribution in [1.82, 2.24) is 29.9 Å². The molecule has 334 valence electrons. The smallest absolute Gasteiger partial charge is 0.294 e. The fraction of sp³-hybridized carbons (Fsp3) is 0.409. The van der Waals surface area contributed by atoms with E-state index in [9.17, 15) is 39.2 Å². The molecule has 0 bridgehead atoms.